The molecule has 1 saturated heterocycles. The van der Waals surface area contributed by atoms with Crippen molar-refractivity contribution in [3.05, 3.63) is 36.2 Å². The number of aryl methyl sites for hydroxylation is 1. The predicted octanol–water partition coefficient (Wildman–Crippen LogP) is 2.30. The van der Waals surface area contributed by atoms with E-state index in [2.05, 4.69) is 30.0 Å². The van der Waals surface area contributed by atoms with E-state index in [9.17, 15) is 0 Å². The molecule has 0 bridgehead atoms. The third-order valence-electron chi connectivity index (χ3n) is 3.66. The Morgan fingerprint density at radius 1 is 1.19 bits per heavy atom. The molecule has 1 aromatic carbocycles. The van der Waals surface area contributed by atoms with Gasteiger partial charge in [-0.15, -0.1) is 0 Å². The molecule has 1 fully saturated rings. The van der Waals surface area contributed by atoms with E-state index in [0.29, 0.717) is 13.2 Å². The summed E-state index contributed by atoms with van der Waals surface area (Å²) in [6.45, 7) is 9.70. The fourth-order valence-corrected chi connectivity index (χ4v) is 2.56. The van der Waals surface area contributed by atoms with Crippen LogP contribution in [0.3, 0.4) is 0 Å². The molecular formula is C17H26NO3. The SMILES string of the molecule is [CH2]c1ccc(N2CCOCC2)c(CCCOCCOC)c1. The minimum Gasteiger partial charge on any atom is -0.382 e. The summed E-state index contributed by atoms with van der Waals surface area (Å²) >= 11 is 0. The molecule has 1 aromatic rings. The molecule has 2 rings (SSSR count). The van der Waals surface area contributed by atoms with Crippen molar-refractivity contribution in [2.24, 2.45) is 0 Å². The van der Waals surface area contributed by atoms with Crippen molar-refractivity contribution in [2.75, 3.05) is 58.1 Å². The lowest BCUT2D eigenvalue weighted by atomic mass is 10.0. The third kappa shape index (κ3) is 5.30. The smallest absolute Gasteiger partial charge is 0.0700 e. The van der Waals surface area contributed by atoms with Crippen LogP contribution in [0.2, 0.25) is 0 Å². The van der Waals surface area contributed by atoms with Crippen molar-refractivity contribution >= 4 is 5.69 Å². The van der Waals surface area contributed by atoms with Crippen molar-refractivity contribution in [3.8, 4) is 0 Å². The Kier molecular flexibility index (Phi) is 7.00. The van der Waals surface area contributed by atoms with Gasteiger partial charge in [-0.05, 0) is 37.0 Å². The summed E-state index contributed by atoms with van der Waals surface area (Å²) in [5, 5.41) is 0. The zero-order valence-corrected chi connectivity index (χ0v) is 13.0. The summed E-state index contributed by atoms with van der Waals surface area (Å²) in [7, 11) is 1.69. The minimum absolute atomic E-state index is 0.660. The summed E-state index contributed by atoms with van der Waals surface area (Å²) in [5.41, 5.74) is 3.75. The number of hydrogen-bond acceptors (Lipinski definition) is 4. The third-order valence-corrected chi connectivity index (χ3v) is 3.66. The van der Waals surface area contributed by atoms with E-state index in [1.807, 2.05) is 0 Å². The highest BCUT2D eigenvalue weighted by molar-refractivity contribution is 5.55. The van der Waals surface area contributed by atoms with Gasteiger partial charge in [0, 0.05) is 32.5 Å². The molecule has 0 saturated carbocycles. The second kappa shape index (κ2) is 9.03. The Bertz CT molecular complexity index is 416. The molecule has 0 aliphatic carbocycles. The topological polar surface area (TPSA) is 30.9 Å². The second-order valence-corrected chi connectivity index (χ2v) is 5.27. The fraction of sp³-hybridized carbons (Fsp3) is 0.588. The zero-order valence-electron chi connectivity index (χ0n) is 13.0. The highest BCUT2D eigenvalue weighted by atomic mass is 16.5. The second-order valence-electron chi connectivity index (χ2n) is 5.27. The van der Waals surface area contributed by atoms with Crippen LogP contribution >= 0.6 is 0 Å². The van der Waals surface area contributed by atoms with Gasteiger partial charge in [-0.3, -0.25) is 0 Å². The molecule has 1 heterocycles. The molecule has 0 atom stereocenters. The first-order valence-corrected chi connectivity index (χ1v) is 7.65. The molecule has 117 valence electrons. The van der Waals surface area contributed by atoms with E-state index in [0.717, 1.165) is 51.3 Å². The average molecular weight is 292 g/mol. The molecular weight excluding hydrogens is 266 g/mol. The summed E-state index contributed by atoms with van der Waals surface area (Å²) in [4.78, 5) is 2.41. The molecule has 0 unspecified atom stereocenters. The van der Waals surface area contributed by atoms with Gasteiger partial charge >= 0.3 is 0 Å². The highest BCUT2D eigenvalue weighted by Gasteiger charge is 2.14. The number of morpholine rings is 1. The lowest BCUT2D eigenvalue weighted by molar-refractivity contribution is 0.0695. The molecule has 4 nitrogen and oxygen atoms in total. The standard InChI is InChI=1S/C17H26NO3/c1-15-5-6-17(18-7-10-21-11-8-18)16(14-15)4-3-9-20-13-12-19-2/h5-6,14H,1,3-4,7-13H2,2H3. The van der Waals surface area contributed by atoms with Crippen LogP contribution in [0.25, 0.3) is 0 Å². The van der Waals surface area contributed by atoms with Crippen molar-refractivity contribution in [1.29, 1.82) is 0 Å². The summed E-state index contributed by atoms with van der Waals surface area (Å²) < 4.78 is 15.9. The first-order valence-electron chi connectivity index (χ1n) is 7.65. The van der Waals surface area contributed by atoms with E-state index < -0.39 is 0 Å². The monoisotopic (exact) mass is 292 g/mol. The van der Waals surface area contributed by atoms with Gasteiger partial charge in [-0.25, -0.2) is 0 Å². The maximum atomic E-state index is 5.54. The Hall–Kier alpha value is -1.10. The van der Waals surface area contributed by atoms with E-state index in [-0.39, 0.29) is 0 Å². The van der Waals surface area contributed by atoms with Crippen LogP contribution < -0.4 is 4.90 Å². The number of anilines is 1. The van der Waals surface area contributed by atoms with Gasteiger partial charge in [0.25, 0.3) is 0 Å². The van der Waals surface area contributed by atoms with Gasteiger partial charge < -0.3 is 19.1 Å². The van der Waals surface area contributed by atoms with Gasteiger partial charge in [0.15, 0.2) is 0 Å². The molecule has 0 amide bonds. The van der Waals surface area contributed by atoms with Crippen LogP contribution in [0.5, 0.6) is 0 Å². The van der Waals surface area contributed by atoms with Gasteiger partial charge in [-0.1, -0.05) is 12.1 Å². The zero-order chi connectivity index (χ0) is 14.9. The van der Waals surface area contributed by atoms with Crippen LogP contribution in [0.15, 0.2) is 18.2 Å². The fourth-order valence-electron chi connectivity index (χ4n) is 2.56. The summed E-state index contributed by atoms with van der Waals surface area (Å²) in [5.74, 6) is 0. The number of nitrogens with zero attached hydrogens (tertiary/aromatic N) is 1. The number of benzene rings is 1. The van der Waals surface area contributed by atoms with Gasteiger partial charge in [-0.2, -0.15) is 0 Å². The molecule has 1 aliphatic heterocycles. The van der Waals surface area contributed by atoms with Crippen LogP contribution in [-0.2, 0) is 20.6 Å². The number of ether oxygens (including phenoxy) is 3. The summed E-state index contributed by atoms with van der Waals surface area (Å²) in [6, 6.07) is 6.47. The molecule has 0 N–H and O–H groups in total. The van der Waals surface area contributed by atoms with Gasteiger partial charge in [0.2, 0.25) is 0 Å². The minimum atomic E-state index is 0.660. The normalized spacial score (nSPS) is 15.4. The first-order chi connectivity index (χ1) is 10.3. The van der Waals surface area contributed by atoms with Crippen molar-refractivity contribution in [3.63, 3.8) is 0 Å². The van der Waals surface area contributed by atoms with Crippen LogP contribution in [0, 0.1) is 6.92 Å². The molecule has 21 heavy (non-hydrogen) atoms. The Labute approximate surface area is 128 Å². The first kappa shape index (κ1) is 16.3. The number of hydrogen-bond donors (Lipinski definition) is 0. The van der Waals surface area contributed by atoms with E-state index in [1.165, 1.54) is 11.3 Å². The molecule has 4 heteroatoms. The molecule has 0 spiro atoms. The van der Waals surface area contributed by atoms with Crippen molar-refractivity contribution in [2.45, 2.75) is 12.8 Å². The number of rotatable bonds is 8. The Balaban J connectivity index is 1.89. The Morgan fingerprint density at radius 3 is 2.76 bits per heavy atom. The van der Waals surface area contributed by atoms with E-state index in [1.54, 1.807) is 7.11 Å². The van der Waals surface area contributed by atoms with Crippen molar-refractivity contribution in [1.82, 2.24) is 0 Å². The maximum absolute atomic E-state index is 5.54. The quantitative estimate of drug-likeness (QED) is 0.688. The summed E-state index contributed by atoms with van der Waals surface area (Å²) in [6.07, 6.45) is 2.04. The van der Waals surface area contributed by atoms with E-state index >= 15 is 0 Å². The highest BCUT2D eigenvalue weighted by Crippen LogP contribution is 2.24. The van der Waals surface area contributed by atoms with E-state index in [4.69, 9.17) is 14.2 Å². The van der Waals surface area contributed by atoms with Crippen molar-refractivity contribution < 1.29 is 14.2 Å². The van der Waals surface area contributed by atoms with Crippen LogP contribution in [0.4, 0.5) is 5.69 Å². The number of methoxy groups -OCH3 is 1. The predicted molar refractivity (Wildman–Crippen MR) is 84.9 cm³/mol. The van der Waals surface area contributed by atoms with Gasteiger partial charge in [0.1, 0.15) is 0 Å². The largest absolute Gasteiger partial charge is 0.382 e. The molecule has 0 aromatic heterocycles. The Morgan fingerprint density at radius 2 is 2.00 bits per heavy atom. The lowest BCUT2D eigenvalue weighted by Gasteiger charge is -2.31. The average Bonchev–Trinajstić information content (AvgIpc) is 2.52. The van der Waals surface area contributed by atoms with Gasteiger partial charge in [0.05, 0.1) is 26.4 Å². The molecule has 1 aliphatic rings. The van der Waals surface area contributed by atoms with Crippen LogP contribution in [0.1, 0.15) is 17.5 Å². The maximum Gasteiger partial charge on any atom is 0.0700 e. The van der Waals surface area contributed by atoms with Crippen LogP contribution in [-0.4, -0.2) is 53.2 Å². The molecule has 1 radical (unpaired) electrons. The lowest BCUT2D eigenvalue weighted by Crippen LogP contribution is -2.36.